The second-order valence-electron chi connectivity index (χ2n) is 3.87. The molecule has 0 radical (unpaired) electrons. The molecule has 0 aliphatic carbocycles. The Bertz CT molecular complexity index is 260. The van der Waals surface area contributed by atoms with Crippen molar-refractivity contribution in [1.29, 1.82) is 0 Å². The number of hydrogen-bond donors (Lipinski definition) is 1. The molecule has 2 N–H and O–H groups in total. The van der Waals surface area contributed by atoms with Gasteiger partial charge in [-0.1, -0.05) is 43.7 Å². The average molecular weight is 207 g/mol. The Balaban J connectivity index is 2.42. The van der Waals surface area contributed by atoms with Gasteiger partial charge in [-0.3, -0.25) is 0 Å². The van der Waals surface area contributed by atoms with Crippen LogP contribution in [-0.2, 0) is 4.74 Å². The van der Waals surface area contributed by atoms with Crippen LogP contribution in [0.5, 0.6) is 0 Å². The second kappa shape index (κ2) is 6.59. The van der Waals surface area contributed by atoms with Crippen molar-refractivity contribution in [1.82, 2.24) is 0 Å². The summed E-state index contributed by atoms with van der Waals surface area (Å²) < 4.78 is 5.67. The maximum Gasteiger partial charge on any atom is 0.0739 e. The monoisotopic (exact) mass is 207 g/mol. The predicted octanol–water partition coefficient (Wildman–Crippen LogP) is 2.89. The van der Waals surface area contributed by atoms with Gasteiger partial charge in [-0.2, -0.15) is 0 Å². The van der Waals surface area contributed by atoms with Crippen molar-refractivity contribution in [3.05, 3.63) is 35.9 Å². The summed E-state index contributed by atoms with van der Waals surface area (Å²) in [5.74, 6) is 0. The molecule has 0 aliphatic heterocycles. The molecule has 0 aromatic heterocycles. The molecule has 2 nitrogen and oxygen atoms in total. The zero-order valence-corrected chi connectivity index (χ0v) is 9.65. The zero-order valence-electron chi connectivity index (χ0n) is 9.65. The van der Waals surface area contributed by atoms with Crippen molar-refractivity contribution in [2.75, 3.05) is 6.61 Å². The van der Waals surface area contributed by atoms with E-state index >= 15 is 0 Å². The van der Waals surface area contributed by atoms with Crippen molar-refractivity contribution >= 4 is 0 Å². The summed E-state index contributed by atoms with van der Waals surface area (Å²) in [5.41, 5.74) is 7.24. The molecule has 0 heterocycles. The van der Waals surface area contributed by atoms with Gasteiger partial charge in [0.1, 0.15) is 0 Å². The summed E-state index contributed by atoms with van der Waals surface area (Å²) in [6.07, 6.45) is 2.35. The van der Waals surface area contributed by atoms with Gasteiger partial charge >= 0.3 is 0 Å². The number of unbranched alkanes of at least 4 members (excludes halogenated alkanes) is 1. The first-order chi connectivity index (χ1) is 7.25. The molecule has 0 spiro atoms. The van der Waals surface area contributed by atoms with E-state index in [0.717, 1.165) is 25.0 Å². The molecule has 0 saturated carbocycles. The van der Waals surface area contributed by atoms with E-state index in [1.54, 1.807) is 0 Å². The second-order valence-corrected chi connectivity index (χ2v) is 3.87. The van der Waals surface area contributed by atoms with Gasteiger partial charge in [0.05, 0.1) is 12.1 Å². The zero-order chi connectivity index (χ0) is 11.1. The van der Waals surface area contributed by atoms with Crippen LogP contribution in [0.1, 0.15) is 38.3 Å². The van der Waals surface area contributed by atoms with Gasteiger partial charge in [-0.15, -0.1) is 0 Å². The third-order valence-electron chi connectivity index (χ3n) is 2.57. The minimum Gasteiger partial charge on any atom is -0.377 e. The third kappa shape index (κ3) is 4.02. The first kappa shape index (κ1) is 12.2. The molecule has 84 valence electrons. The number of hydrogen-bond acceptors (Lipinski definition) is 2. The largest absolute Gasteiger partial charge is 0.377 e. The van der Waals surface area contributed by atoms with E-state index in [9.17, 15) is 0 Å². The van der Waals surface area contributed by atoms with E-state index in [4.69, 9.17) is 10.5 Å². The van der Waals surface area contributed by atoms with Gasteiger partial charge < -0.3 is 10.5 Å². The van der Waals surface area contributed by atoms with E-state index in [2.05, 4.69) is 6.92 Å². The van der Waals surface area contributed by atoms with Gasteiger partial charge in [0.15, 0.2) is 0 Å². The van der Waals surface area contributed by atoms with Crippen LogP contribution in [0.25, 0.3) is 0 Å². The van der Waals surface area contributed by atoms with Crippen LogP contribution in [0.2, 0.25) is 0 Å². The molecule has 15 heavy (non-hydrogen) atoms. The summed E-state index contributed by atoms with van der Waals surface area (Å²) in [7, 11) is 0. The molecule has 0 saturated heterocycles. The smallest absolute Gasteiger partial charge is 0.0739 e. The molecule has 0 aliphatic rings. The molecular formula is C13H21NO. The number of nitrogens with two attached hydrogens (primary N) is 1. The van der Waals surface area contributed by atoms with Gasteiger partial charge in [-0.05, 0) is 18.9 Å². The molecule has 0 bridgehead atoms. The highest BCUT2D eigenvalue weighted by molar-refractivity contribution is 5.19. The van der Waals surface area contributed by atoms with Gasteiger partial charge in [0.2, 0.25) is 0 Å². The van der Waals surface area contributed by atoms with Crippen molar-refractivity contribution in [3.63, 3.8) is 0 Å². The maximum atomic E-state index is 6.10. The lowest BCUT2D eigenvalue weighted by Crippen LogP contribution is -2.26. The average Bonchev–Trinajstić information content (AvgIpc) is 2.29. The summed E-state index contributed by atoms with van der Waals surface area (Å²) >= 11 is 0. The molecule has 1 rings (SSSR count). The fourth-order valence-electron chi connectivity index (χ4n) is 1.46. The van der Waals surface area contributed by atoms with Crippen LogP contribution < -0.4 is 5.73 Å². The van der Waals surface area contributed by atoms with Crippen molar-refractivity contribution in [2.24, 2.45) is 5.73 Å². The van der Waals surface area contributed by atoms with E-state index < -0.39 is 0 Å². The predicted molar refractivity (Wildman–Crippen MR) is 63.7 cm³/mol. The standard InChI is InChI=1S/C13H21NO/c1-3-4-10-15-11(2)13(14)12-8-6-5-7-9-12/h5-9,11,13H,3-4,10,14H2,1-2H3. The lowest BCUT2D eigenvalue weighted by Gasteiger charge is -2.20. The molecule has 0 fully saturated rings. The first-order valence-electron chi connectivity index (χ1n) is 5.67. The van der Waals surface area contributed by atoms with Crippen LogP contribution >= 0.6 is 0 Å². The molecular weight excluding hydrogens is 186 g/mol. The lowest BCUT2D eigenvalue weighted by molar-refractivity contribution is 0.0462. The van der Waals surface area contributed by atoms with E-state index in [0.29, 0.717) is 0 Å². The minimum absolute atomic E-state index is 0.0249. The van der Waals surface area contributed by atoms with Gasteiger partial charge in [-0.25, -0.2) is 0 Å². The third-order valence-corrected chi connectivity index (χ3v) is 2.57. The molecule has 0 amide bonds. The Morgan fingerprint density at radius 1 is 1.27 bits per heavy atom. The Morgan fingerprint density at radius 3 is 2.53 bits per heavy atom. The highest BCUT2D eigenvalue weighted by atomic mass is 16.5. The highest BCUT2D eigenvalue weighted by Gasteiger charge is 2.14. The summed E-state index contributed by atoms with van der Waals surface area (Å²) in [6.45, 7) is 5.00. The van der Waals surface area contributed by atoms with Crippen LogP contribution in [-0.4, -0.2) is 12.7 Å². The quantitative estimate of drug-likeness (QED) is 0.728. The molecule has 2 atom stereocenters. The highest BCUT2D eigenvalue weighted by Crippen LogP contribution is 2.16. The van der Waals surface area contributed by atoms with Crippen molar-refractivity contribution in [3.8, 4) is 0 Å². The lowest BCUT2D eigenvalue weighted by atomic mass is 10.0. The Morgan fingerprint density at radius 2 is 1.93 bits per heavy atom. The fraction of sp³-hybridized carbons (Fsp3) is 0.538. The first-order valence-corrected chi connectivity index (χ1v) is 5.67. The van der Waals surface area contributed by atoms with Crippen LogP contribution in [0.3, 0.4) is 0 Å². The number of ether oxygens (including phenoxy) is 1. The van der Waals surface area contributed by atoms with Crippen molar-refractivity contribution < 1.29 is 4.74 Å². The van der Waals surface area contributed by atoms with E-state index in [-0.39, 0.29) is 12.1 Å². The fourth-order valence-corrected chi connectivity index (χ4v) is 1.46. The Hall–Kier alpha value is -0.860. The van der Waals surface area contributed by atoms with E-state index in [1.165, 1.54) is 0 Å². The number of rotatable bonds is 6. The Kier molecular flexibility index (Phi) is 5.37. The SMILES string of the molecule is CCCCOC(C)C(N)c1ccccc1. The van der Waals surface area contributed by atoms with Crippen LogP contribution in [0, 0.1) is 0 Å². The van der Waals surface area contributed by atoms with Gasteiger partial charge in [0.25, 0.3) is 0 Å². The summed E-state index contributed by atoms with van der Waals surface area (Å²) in [5, 5.41) is 0. The minimum atomic E-state index is -0.0249. The van der Waals surface area contributed by atoms with Gasteiger partial charge in [0, 0.05) is 6.61 Å². The maximum absolute atomic E-state index is 6.10. The van der Waals surface area contributed by atoms with Crippen LogP contribution in [0.4, 0.5) is 0 Å². The normalized spacial score (nSPS) is 14.9. The summed E-state index contributed by atoms with van der Waals surface area (Å²) in [6, 6.07) is 10.1. The van der Waals surface area contributed by atoms with Crippen LogP contribution in [0.15, 0.2) is 30.3 Å². The van der Waals surface area contributed by atoms with E-state index in [1.807, 2.05) is 37.3 Å². The summed E-state index contributed by atoms with van der Waals surface area (Å²) in [4.78, 5) is 0. The Labute approximate surface area is 92.4 Å². The molecule has 2 unspecified atom stereocenters. The van der Waals surface area contributed by atoms with Crippen molar-refractivity contribution in [2.45, 2.75) is 38.8 Å². The topological polar surface area (TPSA) is 35.2 Å². The number of benzene rings is 1. The molecule has 2 heteroatoms. The molecule has 1 aromatic rings. The molecule has 1 aromatic carbocycles.